The number of carboxylic acids is 1. The summed E-state index contributed by atoms with van der Waals surface area (Å²) in [4.78, 5) is 11.2. The monoisotopic (exact) mass is 393 g/mol. The zero-order valence-electron chi connectivity index (χ0n) is 16.2. The molecule has 1 heterocycles. The Labute approximate surface area is 180 Å². The molecule has 1 aromatic carbocycles. The second-order valence-electron chi connectivity index (χ2n) is 7.12. The predicted molar refractivity (Wildman–Crippen MR) is 97.0 cm³/mol. The van der Waals surface area contributed by atoms with Crippen LogP contribution in [0.3, 0.4) is 0 Å². The molecular formula is C18H26NaO8. The number of ether oxygens (including phenoxy) is 2. The molecule has 2 rings (SSSR count). The van der Waals surface area contributed by atoms with E-state index in [-0.39, 0.29) is 47.1 Å². The fraction of sp³-hybridized carbons (Fsp3) is 0.611. The van der Waals surface area contributed by atoms with E-state index >= 15 is 0 Å². The SMILES string of the molecule is CC(C)c1cc(O)cc(C(C)C)c1O[C@@H]1O[C@H](C(=O)O)[C@@H](O)[C@H](O)[C@H]1O.[Na]. The van der Waals surface area contributed by atoms with Crippen LogP contribution in [0.4, 0.5) is 0 Å². The Balaban J connectivity index is 0.00000364. The maximum atomic E-state index is 11.2. The number of hydrogen-bond acceptors (Lipinski definition) is 7. The summed E-state index contributed by atoms with van der Waals surface area (Å²) in [5.74, 6) is -1.14. The van der Waals surface area contributed by atoms with Crippen molar-refractivity contribution in [2.45, 2.75) is 70.2 Å². The number of benzene rings is 1. The van der Waals surface area contributed by atoms with Crippen molar-refractivity contribution in [3.05, 3.63) is 23.3 Å². The minimum Gasteiger partial charge on any atom is -0.508 e. The van der Waals surface area contributed by atoms with E-state index in [1.807, 2.05) is 27.7 Å². The Morgan fingerprint density at radius 3 is 1.89 bits per heavy atom. The summed E-state index contributed by atoms with van der Waals surface area (Å²) in [7, 11) is 0. The third-order valence-electron chi connectivity index (χ3n) is 4.42. The number of phenolic OH excluding ortho intramolecular Hbond substituents is 1. The smallest absolute Gasteiger partial charge is 0.335 e. The maximum absolute atomic E-state index is 11.2. The third kappa shape index (κ3) is 5.14. The van der Waals surface area contributed by atoms with E-state index < -0.39 is 36.7 Å². The van der Waals surface area contributed by atoms with Gasteiger partial charge in [0.05, 0.1) is 0 Å². The molecule has 1 aliphatic heterocycles. The number of aliphatic carboxylic acids is 1. The van der Waals surface area contributed by atoms with E-state index in [0.29, 0.717) is 16.9 Å². The average molecular weight is 393 g/mol. The van der Waals surface area contributed by atoms with Crippen molar-refractivity contribution in [1.29, 1.82) is 0 Å². The topological polar surface area (TPSA) is 137 Å². The van der Waals surface area contributed by atoms with E-state index in [1.54, 1.807) is 0 Å². The van der Waals surface area contributed by atoms with Crippen molar-refractivity contribution in [2.75, 3.05) is 0 Å². The van der Waals surface area contributed by atoms with Crippen LogP contribution >= 0.6 is 0 Å². The molecule has 1 aromatic rings. The number of carbonyl (C=O) groups is 1. The molecule has 1 saturated heterocycles. The molecule has 0 saturated carbocycles. The number of aliphatic hydroxyl groups excluding tert-OH is 3. The van der Waals surface area contributed by atoms with Crippen LogP contribution in [-0.2, 0) is 9.53 Å². The van der Waals surface area contributed by atoms with Gasteiger partial charge in [-0.1, -0.05) is 27.7 Å². The molecule has 0 amide bonds. The van der Waals surface area contributed by atoms with Gasteiger partial charge in [-0.3, -0.25) is 0 Å². The van der Waals surface area contributed by atoms with E-state index in [1.165, 1.54) is 12.1 Å². The summed E-state index contributed by atoms with van der Waals surface area (Å²) in [5.41, 5.74) is 1.30. The van der Waals surface area contributed by atoms with Crippen LogP contribution in [0.1, 0.15) is 50.7 Å². The van der Waals surface area contributed by atoms with E-state index in [2.05, 4.69) is 0 Å². The van der Waals surface area contributed by atoms with Crippen molar-refractivity contribution in [1.82, 2.24) is 0 Å². The standard InChI is InChI=1S/C18H26O8.Na/c1-7(2)10-5-9(19)6-11(8(3)4)15(10)25-18-14(22)12(20)13(21)16(26-18)17(23)24;/h5-8,12-14,16,18-22H,1-4H3,(H,23,24);/t12-,13-,14+,16-,18+;/m0./s1. The Morgan fingerprint density at radius 2 is 1.48 bits per heavy atom. The quantitative estimate of drug-likeness (QED) is 0.457. The predicted octanol–water partition coefficient (Wildman–Crippen LogP) is 0.529. The molecule has 0 aliphatic carbocycles. The van der Waals surface area contributed by atoms with Crippen molar-refractivity contribution in [3.63, 3.8) is 0 Å². The van der Waals surface area contributed by atoms with Crippen LogP contribution in [0.2, 0.25) is 0 Å². The molecule has 9 heteroatoms. The minimum atomic E-state index is -1.78. The van der Waals surface area contributed by atoms with Gasteiger partial charge in [0, 0.05) is 40.7 Å². The first kappa shape index (κ1) is 24.2. The molecule has 147 valence electrons. The van der Waals surface area contributed by atoms with Gasteiger partial charge < -0.3 is 35.0 Å². The summed E-state index contributed by atoms with van der Waals surface area (Å²) in [6, 6.07) is 3.06. The summed E-state index contributed by atoms with van der Waals surface area (Å²) < 4.78 is 11.0. The minimum absolute atomic E-state index is 0. The molecule has 5 atom stereocenters. The molecule has 1 radical (unpaired) electrons. The molecule has 0 bridgehead atoms. The second-order valence-corrected chi connectivity index (χ2v) is 7.12. The number of carboxylic acid groups (broad SMARTS) is 1. The fourth-order valence-corrected chi connectivity index (χ4v) is 2.92. The van der Waals surface area contributed by atoms with Crippen molar-refractivity contribution >= 4 is 35.5 Å². The Hall–Kier alpha value is -0.870. The molecular weight excluding hydrogens is 367 g/mol. The summed E-state index contributed by atoms with van der Waals surface area (Å²) in [6.45, 7) is 7.57. The molecule has 0 unspecified atom stereocenters. The van der Waals surface area contributed by atoms with E-state index in [9.17, 15) is 25.2 Å². The van der Waals surface area contributed by atoms with Gasteiger partial charge >= 0.3 is 5.97 Å². The average Bonchev–Trinajstić information content (AvgIpc) is 2.55. The van der Waals surface area contributed by atoms with Crippen LogP contribution in [0, 0.1) is 0 Å². The largest absolute Gasteiger partial charge is 0.508 e. The van der Waals surface area contributed by atoms with Gasteiger partial charge in [0.25, 0.3) is 0 Å². The summed E-state index contributed by atoms with van der Waals surface area (Å²) >= 11 is 0. The second kappa shape index (κ2) is 9.56. The number of hydrogen-bond donors (Lipinski definition) is 5. The molecule has 8 nitrogen and oxygen atoms in total. The summed E-state index contributed by atoms with van der Waals surface area (Å²) in [6.07, 6.45) is -8.39. The zero-order valence-corrected chi connectivity index (χ0v) is 18.2. The first-order valence-electron chi connectivity index (χ1n) is 8.50. The van der Waals surface area contributed by atoms with Crippen LogP contribution in [-0.4, -0.2) is 91.8 Å². The summed E-state index contributed by atoms with van der Waals surface area (Å²) in [5, 5.41) is 49.0. The first-order valence-corrected chi connectivity index (χ1v) is 8.50. The Morgan fingerprint density at radius 1 is 1.00 bits per heavy atom. The van der Waals surface area contributed by atoms with Crippen LogP contribution in [0.5, 0.6) is 11.5 Å². The fourth-order valence-electron chi connectivity index (χ4n) is 2.92. The third-order valence-corrected chi connectivity index (χ3v) is 4.42. The number of phenols is 1. The molecule has 27 heavy (non-hydrogen) atoms. The van der Waals surface area contributed by atoms with Gasteiger partial charge in [-0.15, -0.1) is 0 Å². The van der Waals surface area contributed by atoms with Gasteiger partial charge in [-0.2, -0.15) is 0 Å². The van der Waals surface area contributed by atoms with Gasteiger partial charge in [-0.05, 0) is 24.0 Å². The van der Waals surface area contributed by atoms with Gasteiger partial charge in [-0.25, -0.2) is 4.79 Å². The van der Waals surface area contributed by atoms with E-state index in [4.69, 9.17) is 14.6 Å². The van der Waals surface area contributed by atoms with Crippen LogP contribution in [0.15, 0.2) is 12.1 Å². The van der Waals surface area contributed by atoms with Gasteiger partial charge in [0.1, 0.15) is 29.8 Å². The van der Waals surface area contributed by atoms with Crippen molar-refractivity contribution in [3.8, 4) is 11.5 Å². The van der Waals surface area contributed by atoms with Crippen LogP contribution < -0.4 is 4.74 Å². The molecule has 1 aliphatic rings. The first-order chi connectivity index (χ1) is 12.0. The Kier molecular flexibility index (Phi) is 8.55. The number of aliphatic hydroxyl groups is 3. The molecule has 0 aromatic heterocycles. The Bertz CT molecular complexity index is 634. The molecule has 1 fully saturated rings. The molecule has 0 spiro atoms. The van der Waals surface area contributed by atoms with Gasteiger partial charge in [0.15, 0.2) is 6.10 Å². The van der Waals surface area contributed by atoms with Crippen molar-refractivity contribution < 1.29 is 39.8 Å². The maximum Gasteiger partial charge on any atom is 0.335 e. The van der Waals surface area contributed by atoms with E-state index in [0.717, 1.165) is 0 Å². The molecule has 5 N–H and O–H groups in total. The van der Waals surface area contributed by atoms with Crippen molar-refractivity contribution in [2.24, 2.45) is 0 Å². The number of rotatable bonds is 5. The zero-order chi connectivity index (χ0) is 19.8. The van der Waals surface area contributed by atoms with Crippen LogP contribution in [0.25, 0.3) is 0 Å². The van der Waals surface area contributed by atoms with Gasteiger partial charge in [0.2, 0.25) is 6.29 Å². The number of aromatic hydroxyl groups is 1. The normalized spacial score (nSPS) is 28.1.